The molecule has 5 heteroatoms. The van der Waals surface area contributed by atoms with Crippen molar-refractivity contribution < 1.29 is 0 Å². The van der Waals surface area contributed by atoms with Crippen LogP contribution in [0.5, 0.6) is 0 Å². The molecule has 3 rings (SSSR count). The van der Waals surface area contributed by atoms with E-state index in [9.17, 15) is 0 Å². The molecule has 1 fully saturated rings. The van der Waals surface area contributed by atoms with Gasteiger partial charge in [0.1, 0.15) is 5.82 Å². The van der Waals surface area contributed by atoms with E-state index in [1.807, 2.05) is 19.1 Å². The minimum Gasteiger partial charge on any atom is -0.372 e. The van der Waals surface area contributed by atoms with Crippen LogP contribution in [0.4, 0.5) is 11.5 Å². The maximum Gasteiger partial charge on any atom is 0.172 e. The molecule has 1 atom stereocenters. The monoisotopic (exact) mass is 340 g/mol. The van der Waals surface area contributed by atoms with E-state index in [1.165, 1.54) is 37.2 Å². The molecular weight excluding hydrogens is 316 g/mol. The van der Waals surface area contributed by atoms with Gasteiger partial charge in [-0.3, -0.25) is 0 Å². The van der Waals surface area contributed by atoms with Gasteiger partial charge in [-0.1, -0.05) is 18.2 Å². The summed E-state index contributed by atoms with van der Waals surface area (Å²) in [6.45, 7) is 6.47. The summed E-state index contributed by atoms with van der Waals surface area (Å²) >= 11 is 5.41. The summed E-state index contributed by atoms with van der Waals surface area (Å²) in [4.78, 5) is 6.75. The first-order valence-corrected chi connectivity index (χ1v) is 8.88. The highest BCUT2D eigenvalue weighted by Crippen LogP contribution is 2.22. The maximum atomic E-state index is 5.41. The van der Waals surface area contributed by atoms with Crippen molar-refractivity contribution in [2.75, 3.05) is 23.3 Å². The molecule has 4 nitrogen and oxygen atoms in total. The number of benzene rings is 1. The number of nitrogens with zero attached hydrogens (tertiary/aromatic N) is 2. The highest BCUT2D eigenvalue weighted by atomic mass is 32.1. The third-order valence-electron chi connectivity index (χ3n) is 4.45. The molecular formula is C19H24N4S. The average Bonchev–Trinajstić information content (AvgIpc) is 3.11. The average molecular weight is 340 g/mol. The summed E-state index contributed by atoms with van der Waals surface area (Å²) in [5, 5.41) is 7.09. The lowest BCUT2D eigenvalue weighted by Crippen LogP contribution is -2.31. The van der Waals surface area contributed by atoms with Gasteiger partial charge in [-0.15, -0.1) is 0 Å². The predicted octanol–water partition coefficient (Wildman–Crippen LogP) is 4.04. The van der Waals surface area contributed by atoms with Gasteiger partial charge in [-0.05, 0) is 68.2 Å². The Hall–Kier alpha value is -2.14. The van der Waals surface area contributed by atoms with Crippen LogP contribution in [0.3, 0.4) is 0 Å². The number of nitrogens with one attached hydrogen (secondary N) is 2. The zero-order valence-electron chi connectivity index (χ0n) is 14.2. The van der Waals surface area contributed by atoms with E-state index < -0.39 is 0 Å². The Morgan fingerprint density at radius 1 is 1.17 bits per heavy atom. The Kier molecular flexibility index (Phi) is 5.30. The molecule has 0 amide bonds. The lowest BCUT2D eigenvalue weighted by Gasteiger charge is -2.20. The van der Waals surface area contributed by atoms with Crippen LogP contribution in [0.15, 0.2) is 42.6 Å². The van der Waals surface area contributed by atoms with E-state index in [2.05, 4.69) is 51.7 Å². The molecule has 24 heavy (non-hydrogen) atoms. The van der Waals surface area contributed by atoms with Gasteiger partial charge in [-0.2, -0.15) is 0 Å². The second-order valence-electron chi connectivity index (χ2n) is 6.27. The minimum atomic E-state index is 0.140. The fourth-order valence-electron chi connectivity index (χ4n) is 2.99. The molecule has 0 radical (unpaired) electrons. The van der Waals surface area contributed by atoms with Crippen molar-refractivity contribution >= 4 is 28.8 Å². The van der Waals surface area contributed by atoms with Crippen LogP contribution >= 0.6 is 12.2 Å². The van der Waals surface area contributed by atoms with E-state index in [4.69, 9.17) is 12.2 Å². The molecule has 126 valence electrons. The first-order valence-electron chi connectivity index (χ1n) is 8.47. The first kappa shape index (κ1) is 16.7. The van der Waals surface area contributed by atoms with E-state index in [1.54, 1.807) is 6.20 Å². The number of hydrogen-bond acceptors (Lipinski definition) is 3. The number of aryl methyl sites for hydroxylation is 1. The Labute approximate surface area is 149 Å². The van der Waals surface area contributed by atoms with Crippen LogP contribution in [0.2, 0.25) is 0 Å². The Morgan fingerprint density at radius 3 is 2.54 bits per heavy atom. The summed E-state index contributed by atoms with van der Waals surface area (Å²) in [6.07, 6.45) is 4.36. The van der Waals surface area contributed by atoms with Gasteiger partial charge in [0.05, 0.1) is 6.04 Å². The maximum absolute atomic E-state index is 5.41. The zero-order valence-corrected chi connectivity index (χ0v) is 15.1. The molecule has 2 N–H and O–H groups in total. The van der Waals surface area contributed by atoms with Crippen LogP contribution in [0.25, 0.3) is 0 Å². The van der Waals surface area contributed by atoms with Gasteiger partial charge in [0.25, 0.3) is 0 Å². The molecule has 0 aliphatic carbocycles. The van der Waals surface area contributed by atoms with Gasteiger partial charge in [-0.25, -0.2) is 4.98 Å². The van der Waals surface area contributed by atoms with E-state index >= 15 is 0 Å². The second kappa shape index (κ2) is 7.62. The summed E-state index contributed by atoms with van der Waals surface area (Å²) in [6, 6.07) is 12.8. The Bertz CT molecular complexity index is 693. The summed E-state index contributed by atoms with van der Waals surface area (Å²) < 4.78 is 0. The number of aromatic nitrogens is 1. The molecule has 1 aliphatic rings. The molecule has 0 bridgehead atoms. The van der Waals surface area contributed by atoms with Crippen molar-refractivity contribution in [3.05, 3.63) is 53.7 Å². The van der Waals surface area contributed by atoms with Gasteiger partial charge >= 0.3 is 0 Å². The Morgan fingerprint density at radius 2 is 1.88 bits per heavy atom. The molecule has 1 aromatic heterocycles. The molecule has 1 unspecified atom stereocenters. The molecule has 2 heterocycles. The molecule has 1 saturated heterocycles. The van der Waals surface area contributed by atoms with Crippen molar-refractivity contribution in [2.45, 2.75) is 32.7 Å². The first-order chi connectivity index (χ1) is 11.6. The second-order valence-corrected chi connectivity index (χ2v) is 6.68. The van der Waals surface area contributed by atoms with Crippen LogP contribution in [0.1, 0.15) is 36.9 Å². The van der Waals surface area contributed by atoms with Crippen molar-refractivity contribution in [3.63, 3.8) is 0 Å². The van der Waals surface area contributed by atoms with E-state index in [-0.39, 0.29) is 6.04 Å². The minimum absolute atomic E-state index is 0.140. The summed E-state index contributed by atoms with van der Waals surface area (Å²) in [5.74, 6) is 0.798. The summed E-state index contributed by atoms with van der Waals surface area (Å²) in [5.41, 5.74) is 3.61. The van der Waals surface area contributed by atoms with Crippen molar-refractivity contribution in [3.8, 4) is 0 Å². The van der Waals surface area contributed by atoms with Crippen molar-refractivity contribution in [2.24, 2.45) is 0 Å². The van der Waals surface area contributed by atoms with Crippen molar-refractivity contribution in [1.82, 2.24) is 10.3 Å². The molecule has 0 spiro atoms. The topological polar surface area (TPSA) is 40.2 Å². The standard InChI is InChI=1S/C19H24N4S/c1-14-6-5-11-20-18(14)22-19(24)21-15(2)16-7-9-17(10-8-16)23-12-3-4-13-23/h5-11,15H,3-4,12-13H2,1-2H3,(H2,20,21,22,24). The number of anilines is 2. The third-order valence-corrected chi connectivity index (χ3v) is 4.67. The highest BCUT2D eigenvalue weighted by molar-refractivity contribution is 7.80. The van der Waals surface area contributed by atoms with Crippen molar-refractivity contribution in [1.29, 1.82) is 0 Å². The van der Waals surface area contributed by atoms with Crippen LogP contribution in [-0.2, 0) is 0 Å². The lowest BCUT2D eigenvalue weighted by molar-refractivity contribution is 0.722. The molecule has 1 aromatic carbocycles. The Balaban J connectivity index is 1.58. The van der Waals surface area contributed by atoms with Gasteiger partial charge < -0.3 is 15.5 Å². The fourth-order valence-corrected chi connectivity index (χ4v) is 3.26. The number of pyridine rings is 1. The predicted molar refractivity (Wildman–Crippen MR) is 105 cm³/mol. The quantitative estimate of drug-likeness (QED) is 0.822. The third kappa shape index (κ3) is 4.03. The van der Waals surface area contributed by atoms with E-state index in [0.717, 1.165) is 11.4 Å². The number of thiocarbonyl (C=S) groups is 1. The number of hydrogen-bond donors (Lipinski definition) is 2. The molecule has 1 aliphatic heterocycles. The molecule has 2 aromatic rings. The normalized spacial score (nSPS) is 15.2. The fraction of sp³-hybridized carbons (Fsp3) is 0.368. The largest absolute Gasteiger partial charge is 0.372 e. The van der Waals surface area contributed by atoms with Gasteiger partial charge in [0, 0.05) is 25.0 Å². The van der Waals surface area contributed by atoms with Gasteiger partial charge in [0.2, 0.25) is 0 Å². The van der Waals surface area contributed by atoms with E-state index in [0.29, 0.717) is 5.11 Å². The smallest absolute Gasteiger partial charge is 0.172 e. The molecule has 0 saturated carbocycles. The SMILES string of the molecule is Cc1cccnc1NC(=S)NC(C)c1ccc(N2CCCC2)cc1. The number of rotatable bonds is 4. The zero-order chi connectivity index (χ0) is 16.9. The van der Waals surface area contributed by atoms with Crippen LogP contribution in [-0.4, -0.2) is 23.2 Å². The summed E-state index contributed by atoms with van der Waals surface area (Å²) in [7, 11) is 0. The van der Waals surface area contributed by atoms with Gasteiger partial charge in [0.15, 0.2) is 5.11 Å². The van der Waals surface area contributed by atoms with Crippen LogP contribution in [0, 0.1) is 6.92 Å². The highest BCUT2D eigenvalue weighted by Gasteiger charge is 2.13. The lowest BCUT2D eigenvalue weighted by atomic mass is 10.1. The van der Waals surface area contributed by atoms with Crippen LogP contribution < -0.4 is 15.5 Å².